The van der Waals surface area contributed by atoms with Crippen LogP contribution < -0.4 is 14.4 Å². The third-order valence-corrected chi connectivity index (χ3v) is 6.15. The van der Waals surface area contributed by atoms with Gasteiger partial charge in [0.05, 0.1) is 25.2 Å². The van der Waals surface area contributed by atoms with Crippen molar-refractivity contribution in [1.29, 1.82) is 0 Å². The average molecular weight is 407 g/mol. The third-order valence-electron chi connectivity index (χ3n) is 4.35. The fourth-order valence-corrected chi connectivity index (χ4v) is 3.82. The maximum absolute atomic E-state index is 12.8. The van der Waals surface area contributed by atoms with Gasteiger partial charge >= 0.3 is 0 Å². The normalized spacial score (nSPS) is 11.4. The number of rotatable bonds is 8. The van der Waals surface area contributed by atoms with Gasteiger partial charge in [-0.05, 0) is 61.9 Å². The highest BCUT2D eigenvalue weighted by atomic mass is 32.2. The molecule has 0 bridgehead atoms. The molecule has 8 heteroatoms. The van der Waals surface area contributed by atoms with Crippen LogP contribution in [0.4, 0.5) is 5.69 Å². The average Bonchev–Trinajstić information content (AvgIpc) is 2.68. The summed E-state index contributed by atoms with van der Waals surface area (Å²) < 4.78 is 37.3. The van der Waals surface area contributed by atoms with Gasteiger partial charge in [-0.1, -0.05) is 0 Å². The van der Waals surface area contributed by atoms with E-state index in [1.807, 2.05) is 6.92 Å². The molecule has 0 spiro atoms. The van der Waals surface area contributed by atoms with E-state index in [1.54, 1.807) is 57.5 Å². The molecule has 0 saturated heterocycles. The minimum absolute atomic E-state index is 0.121. The number of sulfonamides is 1. The lowest BCUT2D eigenvalue weighted by atomic mass is 10.2. The summed E-state index contributed by atoms with van der Waals surface area (Å²) in [6.45, 7) is 3.87. The molecule has 0 heterocycles. The summed E-state index contributed by atoms with van der Waals surface area (Å²) in [5.74, 6) is 0.966. The number of hydrogen-bond donors (Lipinski definition) is 0. The molecule has 152 valence electrons. The van der Waals surface area contributed by atoms with Crippen molar-refractivity contribution in [3.63, 3.8) is 0 Å². The van der Waals surface area contributed by atoms with E-state index in [0.29, 0.717) is 23.8 Å². The van der Waals surface area contributed by atoms with Gasteiger partial charge in [-0.2, -0.15) is 4.31 Å². The van der Waals surface area contributed by atoms with E-state index in [0.717, 1.165) is 9.87 Å². The lowest BCUT2D eigenvalue weighted by Gasteiger charge is -2.22. The number of ether oxygens (including phenoxy) is 2. The lowest BCUT2D eigenvalue weighted by Crippen LogP contribution is -2.39. The number of hydrogen-bond acceptors (Lipinski definition) is 5. The van der Waals surface area contributed by atoms with Gasteiger partial charge in [0, 0.05) is 19.8 Å². The molecule has 28 heavy (non-hydrogen) atoms. The zero-order valence-corrected chi connectivity index (χ0v) is 17.6. The second kappa shape index (κ2) is 9.07. The smallest absolute Gasteiger partial charge is 0.243 e. The van der Waals surface area contributed by atoms with Gasteiger partial charge in [0.1, 0.15) is 11.5 Å². The first kappa shape index (κ1) is 21.7. The molecule has 0 N–H and O–H groups in total. The maximum Gasteiger partial charge on any atom is 0.243 e. The molecule has 0 saturated carbocycles. The summed E-state index contributed by atoms with van der Waals surface area (Å²) in [5.41, 5.74) is 1.37. The Morgan fingerprint density at radius 2 is 1.71 bits per heavy atom. The molecule has 0 aliphatic rings. The Kier molecular flexibility index (Phi) is 7.04. The molecule has 7 nitrogen and oxygen atoms in total. The molecule has 0 radical (unpaired) electrons. The summed E-state index contributed by atoms with van der Waals surface area (Å²) in [6, 6.07) is 11.6. The van der Waals surface area contributed by atoms with Crippen molar-refractivity contribution in [3.8, 4) is 11.5 Å². The molecule has 0 aliphatic carbocycles. The minimum Gasteiger partial charge on any atom is -0.497 e. The van der Waals surface area contributed by atoms with E-state index < -0.39 is 10.0 Å². The quantitative estimate of drug-likeness (QED) is 0.674. The number of amides is 1. The molecule has 2 rings (SSSR count). The number of likely N-dealkylation sites (N-methyl/N-ethyl adjacent to an activating group) is 2. The first-order valence-corrected chi connectivity index (χ1v) is 10.2. The largest absolute Gasteiger partial charge is 0.497 e. The van der Waals surface area contributed by atoms with Crippen molar-refractivity contribution in [3.05, 3.63) is 48.0 Å². The number of benzene rings is 2. The van der Waals surface area contributed by atoms with Crippen LogP contribution in [0.5, 0.6) is 11.5 Å². The SMILES string of the molecule is CCOc1ccc(S(=O)(=O)N(C)CC(=O)N(C)c2ccc(OC)cc2)cc1C. The van der Waals surface area contributed by atoms with E-state index in [1.165, 1.54) is 18.0 Å². The van der Waals surface area contributed by atoms with Crippen molar-refractivity contribution in [2.45, 2.75) is 18.7 Å². The first-order chi connectivity index (χ1) is 13.2. The van der Waals surface area contributed by atoms with E-state index in [9.17, 15) is 13.2 Å². The molecule has 2 aromatic carbocycles. The summed E-state index contributed by atoms with van der Waals surface area (Å²) >= 11 is 0. The van der Waals surface area contributed by atoms with Crippen molar-refractivity contribution in [2.75, 3.05) is 39.3 Å². The first-order valence-electron chi connectivity index (χ1n) is 8.81. The molecule has 1 amide bonds. The van der Waals surface area contributed by atoms with Crippen molar-refractivity contribution < 1.29 is 22.7 Å². The summed E-state index contributed by atoms with van der Waals surface area (Å²) in [7, 11) is 0.750. The zero-order valence-electron chi connectivity index (χ0n) is 16.8. The lowest BCUT2D eigenvalue weighted by molar-refractivity contribution is -0.118. The van der Waals surface area contributed by atoms with Gasteiger partial charge in [-0.3, -0.25) is 4.79 Å². The molecule has 0 atom stereocenters. The molecule has 2 aromatic rings. The summed E-state index contributed by atoms with van der Waals surface area (Å²) in [5, 5.41) is 0. The predicted molar refractivity (Wildman–Crippen MR) is 109 cm³/mol. The van der Waals surface area contributed by atoms with Crippen LogP contribution in [-0.2, 0) is 14.8 Å². The molecule has 0 fully saturated rings. The highest BCUT2D eigenvalue weighted by molar-refractivity contribution is 7.89. The Bertz CT molecular complexity index is 926. The Morgan fingerprint density at radius 1 is 1.07 bits per heavy atom. The molecule has 0 unspecified atom stereocenters. The van der Waals surface area contributed by atoms with Crippen LogP contribution in [0.15, 0.2) is 47.4 Å². The number of carbonyl (C=O) groups excluding carboxylic acids is 1. The van der Waals surface area contributed by atoms with Crippen molar-refractivity contribution in [2.24, 2.45) is 0 Å². The minimum atomic E-state index is -3.80. The van der Waals surface area contributed by atoms with E-state index in [2.05, 4.69) is 0 Å². The fourth-order valence-electron chi connectivity index (χ4n) is 2.61. The maximum atomic E-state index is 12.8. The Hall–Kier alpha value is -2.58. The number of methoxy groups -OCH3 is 1. The standard InChI is InChI=1S/C20H26N2O5S/c1-6-27-19-12-11-18(13-15(19)2)28(24,25)21(3)14-20(23)22(4)16-7-9-17(26-5)10-8-16/h7-13H,6,14H2,1-5H3. The number of carbonyl (C=O) groups is 1. The molecular formula is C20H26N2O5S. The van der Waals surface area contributed by atoms with E-state index in [-0.39, 0.29) is 17.3 Å². The van der Waals surface area contributed by atoms with Crippen molar-refractivity contribution >= 4 is 21.6 Å². The van der Waals surface area contributed by atoms with Crippen LogP contribution in [0, 0.1) is 6.92 Å². The third kappa shape index (κ3) is 4.82. The second-order valence-corrected chi connectivity index (χ2v) is 8.32. The van der Waals surface area contributed by atoms with Crippen molar-refractivity contribution in [1.82, 2.24) is 4.31 Å². The van der Waals surface area contributed by atoms with Gasteiger partial charge in [-0.15, -0.1) is 0 Å². The van der Waals surface area contributed by atoms with E-state index in [4.69, 9.17) is 9.47 Å². The van der Waals surface area contributed by atoms with Gasteiger partial charge < -0.3 is 14.4 Å². The number of nitrogens with zero attached hydrogens (tertiary/aromatic N) is 2. The van der Waals surface area contributed by atoms with Crippen LogP contribution in [0.3, 0.4) is 0 Å². The van der Waals surface area contributed by atoms with Crippen LogP contribution in [0.2, 0.25) is 0 Å². The van der Waals surface area contributed by atoms with Gasteiger partial charge in [-0.25, -0.2) is 8.42 Å². The van der Waals surface area contributed by atoms with Gasteiger partial charge in [0.2, 0.25) is 15.9 Å². The molecule has 0 aromatic heterocycles. The van der Waals surface area contributed by atoms with Crippen LogP contribution in [-0.4, -0.2) is 53.0 Å². The van der Waals surface area contributed by atoms with E-state index >= 15 is 0 Å². The molecular weight excluding hydrogens is 380 g/mol. The Balaban J connectivity index is 2.14. The van der Waals surface area contributed by atoms with Crippen LogP contribution in [0.25, 0.3) is 0 Å². The zero-order chi connectivity index (χ0) is 20.9. The van der Waals surface area contributed by atoms with Crippen LogP contribution in [0.1, 0.15) is 12.5 Å². The van der Waals surface area contributed by atoms with Gasteiger partial charge in [0.15, 0.2) is 0 Å². The molecule has 0 aliphatic heterocycles. The highest BCUT2D eigenvalue weighted by Crippen LogP contribution is 2.24. The number of aryl methyl sites for hydroxylation is 1. The monoisotopic (exact) mass is 406 g/mol. The van der Waals surface area contributed by atoms with Crippen LogP contribution >= 0.6 is 0 Å². The summed E-state index contributed by atoms with van der Waals surface area (Å²) in [6.07, 6.45) is 0. The predicted octanol–water partition coefficient (Wildman–Crippen LogP) is 2.69. The summed E-state index contributed by atoms with van der Waals surface area (Å²) in [4.78, 5) is 14.1. The van der Waals surface area contributed by atoms with Gasteiger partial charge in [0.25, 0.3) is 0 Å². The number of anilines is 1. The Labute approximate surface area is 166 Å². The Morgan fingerprint density at radius 3 is 2.25 bits per heavy atom. The highest BCUT2D eigenvalue weighted by Gasteiger charge is 2.25. The second-order valence-electron chi connectivity index (χ2n) is 6.27. The topological polar surface area (TPSA) is 76.2 Å². The fraction of sp³-hybridized carbons (Fsp3) is 0.350.